The zero-order chi connectivity index (χ0) is 42.5. The van der Waals surface area contributed by atoms with E-state index in [4.69, 9.17) is 0 Å². The summed E-state index contributed by atoms with van der Waals surface area (Å²) in [5.74, 6) is 0. The largest absolute Gasteiger partial charge is 0.311 e. The quantitative estimate of drug-likeness (QED) is 0.0716. The second-order valence-corrected chi connectivity index (χ2v) is 18.1. The Bertz CT molecular complexity index is 2150. The minimum absolute atomic E-state index is 0.154. The molecular weight excluding hydrogens is 725 g/mol. The van der Waals surface area contributed by atoms with Crippen LogP contribution in [0.1, 0.15) is 142 Å². The first-order valence-corrected chi connectivity index (χ1v) is 23.3. The Balaban J connectivity index is 1.31. The molecule has 0 saturated heterocycles. The third-order valence-corrected chi connectivity index (χ3v) is 12.8. The highest BCUT2D eigenvalue weighted by Gasteiger charge is 2.25. The molecule has 0 aliphatic heterocycles. The summed E-state index contributed by atoms with van der Waals surface area (Å²) < 4.78 is 0. The molecule has 314 valence electrons. The van der Waals surface area contributed by atoms with Gasteiger partial charge < -0.3 is 9.80 Å². The average Bonchev–Trinajstić information content (AvgIpc) is 3.27. The van der Waals surface area contributed by atoms with Crippen LogP contribution < -0.4 is 9.80 Å². The van der Waals surface area contributed by atoms with E-state index in [0.717, 1.165) is 24.2 Å². The number of unbranched alkanes of at least 4 members (excludes halogenated alkanes) is 2. The summed E-state index contributed by atoms with van der Waals surface area (Å²) in [6.07, 6.45) is 14.3. The Labute approximate surface area is 364 Å². The Morgan fingerprint density at radius 1 is 0.333 bits per heavy atom. The summed E-state index contributed by atoms with van der Waals surface area (Å²) >= 11 is 0. The highest BCUT2D eigenvalue weighted by Crippen LogP contribution is 2.41. The molecular formula is C58H72N2. The Hall–Kier alpha value is -5.08. The maximum atomic E-state index is 2.45. The van der Waals surface area contributed by atoms with Crippen LogP contribution in [-0.2, 0) is 23.7 Å². The maximum absolute atomic E-state index is 2.45. The highest BCUT2D eigenvalue weighted by atomic mass is 15.1. The predicted molar refractivity (Wildman–Crippen MR) is 264 cm³/mol. The van der Waals surface area contributed by atoms with Gasteiger partial charge in [0.05, 0.1) is 0 Å². The average molecular weight is 797 g/mol. The second kappa shape index (κ2) is 20.9. The van der Waals surface area contributed by atoms with Crippen LogP contribution in [-0.4, -0.2) is 0 Å². The third-order valence-electron chi connectivity index (χ3n) is 12.8. The maximum Gasteiger partial charge on any atom is 0.0462 e. The van der Waals surface area contributed by atoms with E-state index in [2.05, 4.69) is 211 Å². The lowest BCUT2D eigenvalue weighted by molar-refractivity contribution is 0.392. The minimum atomic E-state index is 0.154. The summed E-state index contributed by atoms with van der Waals surface area (Å²) in [7, 11) is 0. The molecule has 0 bridgehead atoms. The zero-order valence-electron chi connectivity index (χ0n) is 38.2. The molecule has 6 aromatic rings. The lowest BCUT2D eigenvalue weighted by Gasteiger charge is -2.31. The van der Waals surface area contributed by atoms with Crippen molar-refractivity contribution in [2.24, 2.45) is 0 Å². The molecule has 0 aliphatic rings. The van der Waals surface area contributed by atoms with Crippen LogP contribution >= 0.6 is 0 Å². The number of hydrogen-bond donors (Lipinski definition) is 0. The molecule has 0 fully saturated rings. The minimum Gasteiger partial charge on any atom is -0.311 e. The number of nitrogens with zero attached hydrogens (tertiary/aromatic N) is 2. The highest BCUT2D eigenvalue weighted by molar-refractivity contribution is 5.81. The Morgan fingerprint density at radius 2 is 0.633 bits per heavy atom. The van der Waals surface area contributed by atoms with E-state index in [1.54, 1.807) is 0 Å². The van der Waals surface area contributed by atoms with Gasteiger partial charge in [-0.25, -0.2) is 0 Å². The molecule has 0 saturated carbocycles. The van der Waals surface area contributed by atoms with Gasteiger partial charge in [-0.05, 0) is 162 Å². The molecule has 0 unspecified atom stereocenters. The van der Waals surface area contributed by atoms with E-state index in [0.29, 0.717) is 0 Å². The summed E-state index contributed by atoms with van der Waals surface area (Å²) in [6, 6.07) is 55.4. The Kier molecular flexibility index (Phi) is 15.5. The second-order valence-electron chi connectivity index (χ2n) is 18.1. The van der Waals surface area contributed by atoms with E-state index in [9.17, 15) is 0 Å². The van der Waals surface area contributed by atoms with Crippen molar-refractivity contribution in [1.82, 2.24) is 0 Å². The lowest BCUT2D eigenvalue weighted by Crippen LogP contribution is -2.21. The molecule has 0 radical (unpaired) electrons. The zero-order valence-corrected chi connectivity index (χ0v) is 38.2. The number of hydrogen-bond acceptors (Lipinski definition) is 2. The fourth-order valence-corrected chi connectivity index (χ4v) is 9.25. The number of anilines is 6. The first kappa shape index (κ1) is 44.5. The van der Waals surface area contributed by atoms with Gasteiger partial charge in [0.15, 0.2) is 0 Å². The van der Waals surface area contributed by atoms with Crippen LogP contribution in [0.2, 0.25) is 0 Å². The topological polar surface area (TPSA) is 6.48 Å². The van der Waals surface area contributed by atoms with Crippen molar-refractivity contribution in [3.05, 3.63) is 168 Å². The molecule has 0 amide bonds. The van der Waals surface area contributed by atoms with Gasteiger partial charge in [0.2, 0.25) is 0 Å². The van der Waals surface area contributed by atoms with E-state index >= 15 is 0 Å². The fourth-order valence-electron chi connectivity index (χ4n) is 9.25. The van der Waals surface area contributed by atoms with Gasteiger partial charge in [-0.2, -0.15) is 0 Å². The summed E-state index contributed by atoms with van der Waals surface area (Å²) in [6.45, 7) is 18.6. The molecule has 0 spiro atoms. The predicted octanol–water partition coefficient (Wildman–Crippen LogP) is 17.9. The van der Waals surface area contributed by atoms with Crippen molar-refractivity contribution in [1.29, 1.82) is 0 Å². The van der Waals surface area contributed by atoms with Crippen LogP contribution in [0.3, 0.4) is 0 Å². The molecule has 0 aliphatic carbocycles. The first-order valence-electron chi connectivity index (χ1n) is 23.3. The summed E-state index contributed by atoms with van der Waals surface area (Å²) in [4.78, 5) is 4.81. The molecule has 60 heavy (non-hydrogen) atoms. The molecule has 0 atom stereocenters. The number of benzene rings is 6. The summed E-state index contributed by atoms with van der Waals surface area (Å²) in [5.41, 5.74) is 15.5. The van der Waals surface area contributed by atoms with Gasteiger partial charge in [-0.15, -0.1) is 0 Å². The van der Waals surface area contributed by atoms with Crippen LogP contribution in [0.4, 0.5) is 34.1 Å². The lowest BCUT2D eigenvalue weighted by atomic mass is 9.75. The van der Waals surface area contributed by atoms with Crippen LogP contribution in [0.15, 0.2) is 146 Å². The fraction of sp³-hybridized carbons (Fsp3) is 0.379. The van der Waals surface area contributed by atoms with Crippen molar-refractivity contribution in [2.75, 3.05) is 9.80 Å². The van der Waals surface area contributed by atoms with Crippen molar-refractivity contribution in [3.63, 3.8) is 0 Å². The molecule has 2 nitrogen and oxygen atoms in total. The van der Waals surface area contributed by atoms with Crippen molar-refractivity contribution in [2.45, 2.75) is 143 Å². The molecule has 0 heterocycles. The van der Waals surface area contributed by atoms with Gasteiger partial charge in [0.1, 0.15) is 0 Å². The van der Waals surface area contributed by atoms with Gasteiger partial charge in [-0.3, -0.25) is 0 Å². The Morgan fingerprint density at radius 3 is 0.950 bits per heavy atom. The molecule has 0 N–H and O–H groups in total. The third kappa shape index (κ3) is 10.8. The van der Waals surface area contributed by atoms with E-state index in [1.165, 1.54) is 120 Å². The van der Waals surface area contributed by atoms with E-state index in [-0.39, 0.29) is 10.8 Å². The standard InChI is InChI=1S/C58H72N2/c1-9-14-16-45-18-30-51(31-19-45)59(55-38-26-49(27-39-55)57(6,7)42-11-3)53-34-22-47(23-35-53)48-24-36-54(37-25-48)60(52-32-20-46(21-33-52)17-15-10-2)56-40-28-50(29-41-56)58(8,43-12-4)44-13-5/h18-41H,9-17,42-44H2,1-8H3. The first-order chi connectivity index (χ1) is 29.1. The van der Waals surface area contributed by atoms with E-state index < -0.39 is 0 Å². The monoisotopic (exact) mass is 797 g/mol. The van der Waals surface area contributed by atoms with Crippen LogP contribution in [0, 0.1) is 0 Å². The van der Waals surface area contributed by atoms with Gasteiger partial charge >= 0.3 is 0 Å². The molecule has 6 rings (SSSR count). The number of aryl methyl sites for hydroxylation is 2. The van der Waals surface area contributed by atoms with Crippen molar-refractivity contribution >= 4 is 34.1 Å². The van der Waals surface area contributed by atoms with Gasteiger partial charge in [-0.1, -0.05) is 160 Å². The molecule has 2 heteroatoms. The van der Waals surface area contributed by atoms with Gasteiger partial charge in [0.25, 0.3) is 0 Å². The smallest absolute Gasteiger partial charge is 0.0462 e. The van der Waals surface area contributed by atoms with Gasteiger partial charge in [0, 0.05) is 34.1 Å². The summed E-state index contributed by atoms with van der Waals surface area (Å²) in [5, 5.41) is 0. The van der Waals surface area contributed by atoms with Crippen molar-refractivity contribution < 1.29 is 0 Å². The van der Waals surface area contributed by atoms with Crippen LogP contribution in [0.5, 0.6) is 0 Å². The number of rotatable bonds is 21. The normalized spacial score (nSPS) is 11.8. The molecule has 0 aromatic heterocycles. The van der Waals surface area contributed by atoms with E-state index in [1.807, 2.05) is 0 Å². The molecule has 6 aromatic carbocycles. The van der Waals surface area contributed by atoms with Crippen molar-refractivity contribution in [3.8, 4) is 11.1 Å². The SMILES string of the molecule is CCCCc1ccc(N(c2ccc(-c3ccc(N(c4ccc(CCCC)cc4)c4ccc(C(C)(CCC)CCC)cc4)cc3)cc2)c2ccc(C(C)(C)CCC)cc2)cc1. The van der Waals surface area contributed by atoms with Crippen LogP contribution in [0.25, 0.3) is 11.1 Å².